The molecule has 1 rings (SSSR count). The van der Waals surface area contributed by atoms with E-state index in [1.54, 1.807) is 12.1 Å². The van der Waals surface area contributed by atoms with Crippen molar-refractivity contribution in [3.8, 4) is 0 Å². The Morgan fingerprint density at radius 1 is 1.33 bits per heavy atom. The first-order chi connectivity index (χ1) is 5.83. The molecule has 0 aliphatic rings. The van der Waals surface area contributed by atoms with Gasteiger partial charge in [0.05, 0.1) is 6.61 Å². The van der Waals surface area contributed by atoms with Gasteiger partial charge < -0.3 is 4.74 Å². The van der Waals surface area contributed by atoms with Gasteiger partial charge in [0, 0.05) is 6.42 Å². The van der Waals surface area contributed by atoms with Gasteiger partial charge in [-0.3, -0.25) is 4.79 Å². The molecule has 0 aliphatic carbocycles. The summed E-state index contributed by atoms with van der Waals surface area (Å²) >= 11 is 0. The minimum Gasteiger partial charge on any atom is -0.468 e. The molecule has 0 fully saturated rings. The number of benzene rings is 1. The van der Waals surface area contributed by atoms with Crippen LogP contribution in [0.15, 0.2) is 24.3 Å². The molecule has 12 heavy (non-hydrogen) atoms. The lowest BCUT2D eigenvalue weighted by molar-refractivity contribution is -0.128. The quantitative estimate of drug-likeness (QED) is 0.503. The SMILES string of the molecule is O=COCCc1ccc(F)cc1. The van der Waals surface area contributed by atoms with Crippen molar-refractivity contribution in [3.63, 3.8) is 0 Å². The molecule has 0 heterocycles. The highest BCUT2D eigenvalue weighted by Crippen LogP contribution is 2.02. The van der Waals surface area contributed by atoms with Gasteiger partial charge in [0.2, 0.25) is 0 Å². The normalized spacial score (nSPS) is 9.42. The van der Waals surface area contributed by atoms with Crippen molar-refractivity contribution in [1.82, 2.24) is 0 Å². The lowest BCUT2D eigenvalue weighted by Gasteiger charge is -1.98. The van der Waals surface area contributed by atoms with Crippen LogP contribution in [0, 0.1) is 5.82 Å². The van der Waals surface area contributed by atoms with E-state index < -0.39 is 0 Å². The predicted molar refractivity (Wildman–Crippen MR) is 42.1 cm³/mol. The fourth-order valence-electron chi connectivity index (χ4n) is 0.876. The Balaban J connectivity index is 2.42. The van der Waals surface area contributed by atoms with Crippen molar-refractivity contribution in [1.29, 1.82) is 0 Å². The maximum atomic E-state index is 12.4. The summed E-state index contributed by atoms with van der Waals surface area (Å²) in [5.74, 6) is -0.255. The molecule has 0 saturated carbocycles. The molecule has 0 spiro atoms. The highest BCUT2D eigenvalue weighted by molar-refractivity contribution is 5.36. The Labute approximate surface area is 70.0 Å². The van der Waals surface area contributed by atoms with Crippen molar-refractivity contribution in [2.45, 2.75) is 6.42 Å². The molecule has 2 nitrogen and oxygen atoms in total. The van der Waals surface area contributed by atoms with Crippen molar-refractivity contribution in [2.24, 2.45) is 0 Å². The predicted octanol–water partition coefficient (Wildman–Crippen LogP) is 1.54. The molecule has 0 radical (unpaired) electrons. The maximum absolute atomic E-state index is 12.4. The summed E-state index contributed by atoms with van der Waals surface area (Å²) in [6.07, 6.45) is 0.624. The second-order valence-electron chi connectivity index (χ2n) is 2.34. The minimum atomic E-state index is -0.255. The molecule has 1 aromatic rings. The topological polar surface area (TPSA) is 26.3 Å². The van der Waals surface area contributed by atoms with Gasteiger partial charge in [-0.15, -0.1) is 0 Å². The molecule has 0 N–H and O–H groups in total. The van der Waals surface area contributed by atoms with Crippen LogP contribution in [-0.2, 0) is 16.0 Å². The van der Waals surface area contributed by atoms with Crippen molar-refractivity contribution in [3.05, 3.63) is 35.6 Å². The number of hydrogen-bond donors (Lipinski definition) is 0. The van der Waals surface area contributed by atoms with Crippen LogP contribution in [0.4, 0.5) is 4.39 Å². The fourth-order valence-corrected chi connectivity index (χ4v) is 0.876. The van der Waals surface area contributed by atoms with E-state index in [9.17, 15) is 9.18 Å². The van der Waals surface area contributed by atoms with E-state index in [0.29, 0.717) is 19.5 Å². The zero-order valence-electron chi connectivity index (χ0n) is 6.50. The van der Waals surface area contributed by atoms with Crippen molar-refractivity contribution in [2.75, 3.05) is 6.61 Å². The molecule has 0 saturated heterocycles. The Hall–Kier alpha value is -1.38. The average molecular weight is 168 g/mol. The summed E-state index contributed by atoms with van der Waals surface area (Å²) in [5.41, 5.74) is 0.957. The summed E-state index contributed by atoms with van der Waals surface area (Å²) in [7, 11) is 0. The van der Waals surface area contributed by atoms with E-state index in [4.69, 9.17) is 0 Å². The molecular weight excluding hydrogens is 159 g/mol. The summed E-state index contributed by atoms with van der Waals surface area (Å²) in [6.45, 7) is 0.749. The van der Waals surface area contributed by atoms with Gasteiger partial charge in [-0.1, -0.05) is 12.1 Å². The van der Waals surface area contributed by atoms with Crippen LogP contribution < -0.4 is 0 Å². The van der Waals surface area contributed by atoms with Crippen LogP contribution in [0.5, 0.6) is 0 Å². The fraction of sp³-hybridized carbons (Fsp3) is 0.222. The zero-order chi connectivity index (χ0) is 8.81. The molecule has 3 heteroatoms. The molecule has 0 amide bonds. The smallest absolute Gasteiger partial charge is 0.293 e. The van der Waals surface area contributed by atoms with Crippen molar-refractivity contribution >= 4 is 6.47 Å². The highest BCUT2D eigenvalue weighted by atomic mass is 19.1. The number of rotatable bonds is 4. The van der Waals surface area contributed by atoms with E-state index in [1.165, 1.54) is 12.1 Å². The molecule has 0 unspecified atom stereocenters. The summed E-state index contributed by atoms with van der Waals surface area (Å²) < 4.78 is 16.9. The number of carbonyl (C=O) groups is 1. The zero-order valence-corrected chi connectivity index (χ0v) is 6.50. The Kier molecular flexibility index (Phi) is 3.26. The summed E-state index contributed by atoms with van der Waals surface area (Å²) in [5, 5.41) is 0. The molecule has 0 bridgehead atoms. The monoisotopic (exact) mass is 168 g/mol. The molecular formula is C9H9FO2. The minimum absolute atomic E-state index is 0.255. The van der Waals surface area contributed by atoms with Gasteiger partial charge >= 0.3 is 0 Å². The van der Waals surface area contributed by atoms with Crippen LogP contribution in [-0.4, -0.2) is 13.1 Å². The number of hydrogen-bond acceptors (Lipinski definition) is 2. The number of halogens is 1. The van der Waals surface area contributed by atoms with E-state index in [-0.39, 0.29) is 5.82 Å². The van der Waals surface area contributed by atoms with Gasteiger partial charge in [0.15, 0.2) is 0 Å². The van der Waals surface area contributed by atoms with Crippen LogP contribution in [0.3, 0.4) is 0 Å². The van der Waals surface area contributed by atoms with Crippen molar-refractivity contribution < 1.29 is 13.9 Å². The van der Waals surface area contributed by atoms with Crippen LogP contribution in [0.1, 0.15) is 5.56 Å². The van der Waals surface area contributed by atoms with Gasteiger partial charge in [0.1, 0.15) is 5.82 Å². The number of ether oxygens (including phenoxy) is 1. The highest BCUT2D eigenvalue weighted by Gasteiger charge is 1.93. The summed E-state index contributed by atoms with van der Waals surface area (Å²) in [4.78, 5) is 9.77. The van der Waals surface area contributed by atoms with E-state index >= 15 is 0 Å². The first-order valence-corrected chi connectivity index (χ1v) is 3.62. The van der Waals surface area contributed by atoms with Crippen LogP contribution in [0.25, 0.3) is 0 Å². The lowest BCUT2D eigenvalue weighted by atomic mass is 10.2. The Morgan fingerprint density at radius 3 is 2.58 bits per heavy atom. The molecule has 0 aliphatic heterocycles. The average Bonchev–Trinajstić information content (AvgIpc) is 2.09. The van der Waals surface area contributed by atoms with Gasteiger partial charge in [-0.25, -0.2) is 4.39 Å². The summed E-state index contributed by atoms with van der Waals surface area (Å²) in [6, 6.07) is 6.11. The van der Waals surface area contributed by atoms with E-state index in [1.807, 2.05) is 0 Å². The first kappa shape index (κ1) is 8.71. The first-order valence-electron chi connectivity index (χ1n) is 3.62. The van der Waals surface area contributed by atoms with Gasteiger partial charge in [-0.2, -0.15) is 0 Å². The van der Waals surface area contributed by atoms with Crippen LogP contribution in [0.2, 0.25) is 0 Å². The molecule has 0 atom stereocenters. The van der Waals surface area contributed by atoms with Gasteiger partial charge in [-0.05, 0) is 17.7 Å². The molecule has 0 aromatic heterocycles. The standard InChI is InChI=1S/C9H9FO2/c10-9-3-1-8(2-4-9)5-6-12-7-11/h1-4,7H,5-6H2. The third-order valence-electron chi connectivity index (χ3n) is 1.49. The Bertz CT molecular complexity index is 243. The van der Waals surface area contributed by atoms with E-state index in [0.717, 1.165) is 5.56 Å². The van der Waals surface area contributed by atoms with Gasteiger partial charge in [0.25, 0.3) is 6.47 Å². The second kappa shape index (κ2) is 4.49. The van der Waals surface area contributed by atoms with E-state index in [2.05, 4.69) is 4.74 Å². The Morgan fingerprint density at radius 2 is 2.00 bits per heavy atom. The lowest BCUT2D eigenvalue weighted by Crippen LogP contribution is -1.96. The third kappa shape index (κ3) is 2.70. The second-order valence-corrected chi connectivity index (χ2v) is 2.34. The largest absolute Gasteiger partial charge is 0.468 e. The number of carbonyl (C=O) groups excluding carboxylic acids is 1. The third-order valence-corrected chi connectivity index (χ3v) is 1.49. The maximum Gasteiger partial charge on any atom is 0.293 e. The molecule has 1 aromatic carbocycles. The molecule has 64 valence electrons. The van der Waals surface area contributed by atoms with Crippen LogP contribution >= 0.6 is 0 Å².